The predicted octanol–water partition coefficient (Wildman–Crippen LogP) is 3.47. The van der Waals surface area contributed by atoms with Gasteiger partial charge in [-0.15, -0.1) is 0 Å². The number of ether oxygens (including phenoxy) is 4. The largest absolute Gasteiger partial charge is 0.459 e. The molecule has 0 amide bonds. The Morgan fingerprint density at radius 3 is 2.36 bits per heavy atom. The van der Waals surface area contributed by atoms with E-state index in [4.69, 9.17) is 18.9 Å². The molecule has 0 spiro atoms. The van der Waals surface area contributed by atoms with Crippen LogP contribution >= 0.6 is 0 Å². The second-order valence-electron chi connectivity index (χ2n) is 9.71. The van der Waals surface area contributed by atoms with E-state index in [9.17, 15) is 9.59 Å². The van der Waals surface area contributed by atoms with Crippen LogP contribution in [0, 0.1) is 5.92 Å². The van der Waals surface area contributed by atoms with Crippen molar-refractivity contribution in [3.63, 3.8) is 0 Å². The first-order chi connectivity index (χ1) is 13.0. The smallest absolute Gasteiger partial charge is 0.334 e. The second kappa shape index (κ2) is 6.56. The molecule has 156 valence electrons. The van der Waals surface area contributed by atoms with Crippen LogP contribution in [0.1, 0.15) is 72.6 Å². The van der Waals surface area contributed by atoms with Crippen LogP contribution in [0.4, 0.5) is 0 Å². The minimum atomic E-state index is -0.699. The second-order valence-corrected chi connectivity index (χ2v) is 9.71. The lowest BCUT2D eigenvalue weighted by Gasteiger charge is -2.38. The normalized spacial score (nSPS) is 48.4. The first kappa shape index (κ1) is 19.9. The number of esters is 2. The number of carbonyl (C=O) groups is 2. The fraction of sp³-hybridized carbons (Fsp3) is 0.818. The number of hydrogen-bond donors (Lipinski definition) is 0. The fourth-order valence-corrected chi connectivity index (χ4v) is 5.32. The van der Waals surface area contributed by atoms with E-state index in [2.05, 4.69) is 13.5 Å². The number of epoxide rings is 1. The maximum Gasteiger partial charge on any atom is 0.334 e. The summed E-state index contributed by atoms with van der Waals surface area (Å²) in [7, 11) is 0. The highest BCUT2D eigenvalue weighted by Crippen LogP contribution is 2.50. The third kappa shape index (κ3) is 3.39. The first-order valence-electron chi connectivity index (χ1n) is 10.5. The van der Waals surface area contributed by atoms with Gasteiger partial charge in [-0.2, -0.15) is 0 Å². The molecule has 4 fully saturated rings. The van der Waals surface area contributed by atoms with E-state index in [0.29, 0.717) is 12.0 Å². The van der Waals surface area contributed by atoms with Crippen LogP contribution in [0.25, 0.3) is 0 Å². The number of hydrogen-bond acceptors (Lipinski definition) is 6. The summed E-state index contributed by atoms with van der Waals surface area (Å²) in [6.45, 7) is 11.6. The van der Waals surface area contributed by atoms with E-state index in [-0.39, 0.29) is 41.8 Å². The number of rotatable bonds is 1. The Bertz CT molecular complexity index is 703. The molecule has 4 heterocycles. The Balaban J connectivity index is 1.67. The van der Waals surface area contributed by atoms with Crippen molar-refractivity contribution >= 4 is 11.9 Å². The van der Waals surface area contributed by atoms with Gasteiger partial charge < -0.3 is 18.9 Å². The quantitative estimate of drug-likeness (QED) is 0.386. The molecule has 4 aliphatic heterocycles. The lowest BCUT2D eigenvalue weighted by Crippen LogP contribution is -2.48. The molecule has 0 aromatic carbocycles. The van der Waals surface area contributed by atoms with Crippen molar-refractivity contribution in [3.05, 3.63) is 12.2 Å². The van der Waals surface area contributed by atoms with Crippen molar-refractivity contribution in [2.45, 2.75) is 108 Å². The lowest BCUT2D eigenvalue weighted by atomic mass is 9.82. The summed E-state index contributed by atoms with van der Waals surface area (Å²) in [5.74, 6) is -0.551. The molecular weight excluding hydrogens is 360 g/mol. The Labute approximate surface area is 166 Å². The fourth-order valence-electron chi connectivity index (χ4n) is 5.32. The molecular formula is C22H32O6. The molecule has 4 aliphatic rings. The summed E-state index contributed by atoms with van der Waals surface area (Å²) in [6, 6.07) is 0. The number of fused-ring (bicyclic) bond motifs is 7. The Morgan fingerprint density at radius 2 is 1.64 bits per heavy atom. The highest BCUT2D eigenvalue weighted by atomic mass is 16.6. The molecule has 4 rings (SSSR count). The zero-order valence-electron chi connectivity index (χ0n) is 17.4. The van der Waals surface area contributed by atoms with Crippen molar-refractivity contribution in [3.8, 4) is 0 Å². The van der Waals surface area contributed by atoms with Crippen LogP contribution in [-0.4, -0.2) is 47.1 Å². The van der Waals surface area contributed by atoms with Gasteiger partial charge in [0.2, 0.25) is 0 Å². The highest BCUT2D eigenvalue weighted by Gasteiger charge is 2.57. The van der Waals surface area contributed by atoms with Gasteiger partial charge in [-0.05, 0) is 71.6 Å². The SMILES string of the molecule is C=C1C(=O)O[C@]2(C)CC[C@@H]1CC1O[C@@]1(C)CC[C@H](OC(C)=O)[C@]1(C)CCC2O1. The third-order valence-electron chi connectivity index (χ3n) is 7.49. The molecule has 7 atom stereocenters. The monoisotopic (exact) mass is 392 g/mol. The Morgan fingerprint density at radius 1 is 1.00 bits per heavy atom. The standard InChI is InChI=1S/C22H32O6/c1-13-15-6-9-21(4,28-19(13)24)17-8-11-20(3,26-17)16(25-14(2)23)7-10-22(5)18(12-15)27-22/h15-18H,1,6-12H2,2-5H3/t15-,16+,17?,18?,20+,21-,22+/m1/s1. The average molecular weight is 392 g/mol. The van der Waals surface area contributed by atoms with Crippen LogP contribution in [-0.2, 0) is 28.5 Å². The van der Waals surface area contributed by atoms with Gasteiger partial charge in [-0.1, -0.05) is 6.58 Å². The zero-order valence-corrected chi connectivity index (χ0v) is 17.4. The minimum Gasteiger partial charge on any atom is -0.459 e. The molecule has 0 aromatic rings. The molecule has 4 bridgehead atoms. The van der Waals surface area contributed by atoms with Gasteiger partial charge in [0.05, 0.1) is 17.8 Å². The third-order valence-corrected chi connectivity index (χ3v) is 7.49. The van der Waals surface area contributed by atoms with E-state index >= 15 is 0 Å². The van der Waals surface area contributed by atoms with Gasteiger partial charge in [-0.25, -0.2) is 4.79 Å². The van der Waals surface area contributed by atoms with Crippen molar-refractivity contribution < 1.29 is 28.5 Å². The van der Waals surface area contributed by atoms with E-state index in [0.717, 1.165) is 38.5 Å². The van der Waals surface area contributed by atoms with Crippen molar-refractivity contribution in [2.24, 2.45) is 5.92 Å². The summed E-state index contributed by atoms with van der Waals surface area (Å²) in [5, 5.41) is 0. The highest BCUT2D eigenvalue weighted by molar-refractivity contribution is 5.89. The molecule has 6 nitrogen and oxygen atoms in total. The maximum absolute atomic E-state index is 12.7. The predicted molar refractivity (Wildman–Crippen MR) is 102 cm³/mol. The summed E-state index contributed by atoms with van der Waals surface area (Å²) in [5.41, 5.74) is -0.990. The van der Waals surface area contributed by atoms with Crippen LogP contribution in [0.15, 0.2) is 12.2 Å². The summed E-state index contributed by atoms with van der Waals surface area (Å²) in [4.78, 5) is 24.5. The van der Waals surface area contributed by atoms with Crippen LogP contribution in [0.2, 0.25) is 0 Å². The number of carbonyl (C=O) groups excluding carboxylic acids is 2. The summed E-state index contributed by atoms with van der Waals surface area (Å²) >= 11 is 0. The topological polar surface area (TPSA) is 74.4 Å². The van der Waals surface area contributed by atoms with Crippen molar-refractivity contribution in [1.29, 1.82) is 0 Å². The summed E-state index contributed by atoms with van der Waals surface area (Å²) < 4.78 is 24.2. The molecule has 0 aromatic heterocycles. The zero-order chi connectivity index (χ0) is 20.3. The summed E-state index contributed by atoms with van der Waals surface area (Å²) in [6.07, 6.45) is 4.89. The van der Waals surface area contributed by atoms with Gasteiger partial charge in [0.25, 0.3) is 0 Å². The van der Waals surface area contributed by atoms with Crippen LogP contribution in [0.5, 0.6) is 0 Å². The molecule has 2 unspecified atom stereocenters. The van der Waals surface area contributed by atoms with Gasteiger partial charge in [0.15, 0.2) is 0 Å². The van der Waals surface area contributed by atoms with E-state index in [1.165, 1.54) is 6.92 Å². The molecule has 0 saturated carbocycles. The molecule has 0 radical (unpaired) electrons. The van der Waals surface area contributed by atoms with E-state index in [1.807, 2.05) is 13.8 Å². The van der Waals surface area contributed by atoms with Gasteiger partial charge in [0.1, 0.15) is 17.3 Å². The molecule has 28 heavy (non-hydrogen) atoms. The van der Waals surface area contributed by atoms with Crippen LogP contribution in [0.3, 0.4) is 0 Å². The van der Waals surface area contributed by atoms with Gasteiger partial charge in [-0.3, -0.25) is 4.79 Å². The van der Waals surface area contributed by atoms with E-state index < -0.39 is 11.2 Å². The molecule has 0 N–H and O–H groups in total. The lowest BCUT2D eigenvalue weighted by molar-refractivity contribution is -0.195. The first-order valence-corrected chi connectivity index (χ1v) is 10.5. The van der Waals surface area contributed by atoms with E-state index in [1.54, 1.807) is 0 Å². The van der Waals surface area contributed by atoms with Crippen molar-refractivity contribution in [2.75, 3.05) is 0 Å². The van der Waals surface area contributed by atoms with Gasteiger partial charge >= 0.3 is 11.9 Å². The Hall–Kier alpha value is -1.40. The van der Waals surface area contributed by atoms with Crippen molar-refractivity contribution in [1.82, 2.24) is 0 Å². The molecule has 0 aliphatic carbocycles. The van der Waals surface area contributed by atoms with Gasteiger partial charge in [0, 0.05) is 12.5 Å². The van der Waals surface area contributed by atoms with Crippen LogP contribution < -0.4 is 0 Å². The Kier molecular flexibility index (Phi) is 4.66. The average Bonchev–Trinajstić information content (AvgIpc) is 3.09. The maximum atomic E-state index is 12.7. The minimum absolute atomic E-state index is 0.0685. The molecule has 4 saturated heterocycles. The molecule has 6 heteroatoms.